The Bertz CT molecular complexity index is 532. The van der Waals surface area contributed by atoms with Crippen molar-refractivity contribution in [2.75, 3.05) is 6.54 Å². The van der Waals surface area contributed by atoms with Crippen LogP contribution in [0, 0.1) is 5.82 Å². The van der Waals surface area contributed by atoms with E-state index in [9.17, 15) is 14.0 Å². The van der Waals surface area contributed by atoms with Gasteiger partial charge in [-0.05, 0) is 19.4 Å². The van der Waals surface area contributed by atoms with Crippen molar-refractivity contribution in [1.29, 1.82) is 0 Å². The van der Waals surface area contributed by atoms with Crippen LogP contribution in [0.1, 0.15) is 32.3 Å². The average Bonchev–Trinajstić information content (AvgIpc) is 2.53. The van der Waals surface area contributed by atoms with Gasteiger partial charge in [0, 0.05) is 25.1 Å². The first kappa shape index (κ1) is 14.5. The molecule has 1 saturated heterocycles. The fourth-order valence-electron chi connectivity index (χ4n) is 2.33. The van der Waals surface area contributed by atoms with Crippen LogP contribution in [-0.2, 0) is 16.1 Å². The second kappa shape index (κ2) is 5.61. The van der Waals surface area contributed by atoms with E-state index in [4.69, 9.17) is 0 Å². The molecule has 1 aromatic carbocycles. The number of nitrogens with one attached hydrogen (secondary N) is 1. The molecule has 20 heavy (non-hydrogen) atoms. The monoisotopic (exact) mass is 278 g/mol. The Morgan fingerprint density at radius 1 is 1.35 bits per heavy atom. The molecule has 2 amide bonds. The summed E-state index contributed by atoms with van der Waals surface area (Å²) in [5, 5.41) is 2.76. The van der Waals surface area contributed by atoms with Crippen LogP contribution >= 0.6 is 0 Å². The van der Waals surface area contributed by atoms with Crippen LogP contribution in [0.15, 0.2) is 24.3 Å². The van der Waals surface area contributed by atoms with Crippen LogP contribution in [0.3, 0.4) is 0 Å². The van der Waals surface area contributed by atoms with Gasteiger partial charge < -0.3 is 10.2 Å². The Balaban J connectivity index is 2.24. The van der Waals surface area contributed by atoms with E-state index in [1.807, 2.05) is 6.92 Å². The largest absolute Gasteiger partial charge is 0.342 e. The summed E-state index contributed by atoms with van der Waals surface area (Å²) >= 11 is 0. The van der Waals surface area contributed by atoms with Gasteiger partial charge in [0.25, 0.3) is 0 Å². The summed E-state index contributed by atoms with van der Waals surface area (Å²) in [6.07, 6.45) is 0.751. The first-order chi connectivity index (χ1) is 9.46. The van der Waals surface area contributed by atoms with E-state index in [0.717, 1.165) is 0 Å². The number of halogens is 1. The van der Waals surface area contributed by atoms with Gasteiger partial charge in [0.2, 0.25) is 11.8 Å². The molecule has 1 heterocycles. The molecule has 0 bridgehead atoms. The minimum absolute atomic E-state index is 0.140. The molecule has 5 heteroatoms. The predicted molar refractivity (Wildman–Crippen MR) is 73.3 cm³/mol. The van der Waals surface area contributed by atoms with Gasteiger partial charge in [-0.1, -0.05) is 25.1 Å². The van der Waals surface area contributed by atoms with E-state index < -0.39 is 5.54 Å². The van der Waals surface area contributed by atoms with Gasteiger partial charge in [-0.2, -0.15) is 0 Å². The van der Waals surface area contributed by atoms with Crippen molar-refractivity contribution in [2.24, 2.45) is 0 Å². The third-order valence-electron chi connectivity index (χ3n) is 3.81. The van der Waals surface area contributed by atoms with Crippen molar-refractivity contribution >= 4 is 11.8 Å². The summed E-state index contributed by atoms with van der Waals surface area (Å²) in [4.78, 5) is 25.8. The van der Waals surface area contributed by atoms with Gasteiger partial charge in [-0.3, -0.25) is 9.59 Å². The van der Waals surface area contributed by atoms with Crippen molar-refractivity contribution in [3.05, 3.63) is 35.6 Å². The molecule has 1 aromatic rings. The number of hydrogen-bond donors (Lipinski definition) is 1. The lowest BCUT2D eigenvalue weighted by Gasteiger charge is -2.31. The number of carbonyl (C=O) groups is 2. The first-order valence-electron chi connectivity index (χ1n) is 6.80. The lowest BCUT2D eigenvalue weighted by Crippen LogP contribution is -2.54. The highest BCUT2D eigenvalue weighted by Crippen LogP contribution is 2.20. The molecular weight excluding hydrogens is 259 g/mol. The van der Waals surface area contributed by atoms with Crippen LogP contribution in [0.2, 0.25) is 0 Å². The average molecular weight is 278 g/mol. The molecule has 1 N–H and O–H groups in total. The summed E-state index contributed by atoms with van der Waals surface area (Å²) in [6, 6.07) is 6.39. The standard InChI is InChI=1S/C15H19FN2O2/c1-3-15(2)14(20)18(9-8-13(19)17-15)10-11-6-4-5-7-12(11)16/h4-7H,3,8-10H2,1-2H3,(H,17,19). The topological polar surface area (TPSA) is 49.4 Å². The highest BCUT2D eigenvalue weighted by atomic mass is 19.1. The number of rotatable bonds is 3. The Hall–Kier alpha value is -1.91. The van der Waals surface area contributed by atoms with E-state index in [1.54, 1.807) is 30.0 Å². The Kier molecular flexibility index (Phi) is 4.06. The van der Waals surface area contributed by atoms with Gasteiger partial charge in [0.15, 0.2) is 0 Å². The summed E-state index contributed by atoms with van der Waals surface area (Å²) in [5.41, 5.74) is -0.438. The maximum atomic E-state index is 13.7. The van der Waals surface area contributed by atoms with Gasteiger partial charge in [0.1, 0.15) is 11.4 Å². The Morgan fingerprint density at radius 2 is 2.05 bits per heavy atom. The highest BCUT2D eigenvalue weighted by molar-refractivity contribution is 5.93. The Morgan fingerprint density at radius 3 is 2.70 bits per heavy atom. The van der Waals surface area contributed by atoms with E-state index >= 15 is 0 Å². The maximum Gasteiger partial charge on any atom is 0.248 e. The smallest absolute Gasteiger partial charge is 0.248 e. The zero-order chi connectivity index (χ0) is 14.8. The lowest BCUT2D eigenvalue weighted by molar-refractivity contribution is -0.138. The molecule has 0 aromatic heterocycles. The van der Waals surface area contributed by atoms with Crippen molar-refractivity contribution in [1.82, 2.24) is 10.2 Å². The van der Waals surface area contributed by atoms with Crippen molar-refractivity contribution in [2.45, 2.75) is 38.8 Å². The molecule has 108 valence electrons. The SMILES string of the molecule is CCC1(C)NC(=O)CCN(Cc2ccccc2F)C1=O. The molecule has 1 atom stereocenters. The number of nitrogens with zero attached hydrogens (tertiary/aromatic N) is 1. The first-order valence-corrected chi connectivity index (χ1v) is 6.80. The molecule has 2 rings (SSSR count). The van der Waals surface area contributed by atoms with E-state index in [-0.39, 0.29) is 30.6 Å². The van der Waals surface area contributed by atoms with Gasteiger partial charge in [-0.15, -0.1) is 0 Å². The van der Waals surface area contributed by atoms with Crippen LogP contribution in [0.4, 0.5) is 4.39 Å². The molecule has 0 saturated carbocycles. The minimum atomic E-state index is -0.904. The van der Waals surface area contributed by atoms with Crippen LogP contribution in [0.5, 0.6) is 0 Å². The molecule has 1 aliphatic heterocycles. The molecule has 1 aliphatic rings. The minimum Gasteiger partial charge on any atom is -0.342 e. The Labute approximate surface area is 118 Å². The zero-order valence-corrected chi connectivity index (χ0v) is 11.8. The maximum absolute atomic E-state index is 13.7. The molecule has 0 spiro atoms. The van der Waals surface area contributed by atoms with Crippen molar-refractivity contribution in [3.8, 4) is 0 Å². The number of carbonyl (C=O) groups excluding carboxylic acids is 2. The van der Waals surface area contributed by atoms with E-state index in [1.165, 1.54) is 6.07 Å². The summed E-state index contributed by atoms with van der Waals surface area (Å²) in [6.45, 7) is 4.07. The number of amides is 2. The third kappa shape index (κ3) is 2.81. The summed E-state index contributed by atoms with van der Waals surface area (Å²) in [5.74, 6) is -0.630. The quantitative estimate of drug-likeness (QED) is 0.917. The predicted octanol–water partition coefficient (Wildman–Crippen LogP) is 1.84. The van der Waals surface area contributed by atoms with Crippen LogP contribution in [0.25, 0.3) is 0 Å². The molecule has 4 nitrogen and oxygen atoms in total. The fourth-order valence-corrected chi connectivity index (χ4v) is 2.33. The highest BCUT2D eigenvalue weighted by Gasteiger charge is 2.39. The van der Waals surface area contributed by atoms with Gasteiger partial charge in [0.05, 0.1) is 0 Å². The molecular formula is C15H19FN2O2. The van der Waals surface area contributed by atoms with Crippen molar-refractivity contribution < 1.29 is 14.0 Å². The second-order valence-corrected chi connectivity index (χ2v) is 5.30. The molecule has 1 fully saturated rings. The summed E-state index contributed by atoms with van der Waals surface area (Å²) in [7, 11) is 0. The third-order valence-corrected chi connectivity index (χ3v) is 3.81. The lowest BCUT2D eigenvalue weighted by atomic mass is 9.97. The molecule has 0 aliphatic carbocycles. The van der Waals surface area contributed by atoms with E-state index in [0.29, 0.717) is 18.5 Å². The normalized spacial score (nSPS) is 23.4. The summed E-state index contributed by atoms with van der Waals surface area (Å²) < 4.78 is 13.7. The van der Waals surface area contributed by atoms with Crippen LogP contribution < -0.4 is 5.32 Å². The zero-order valence-electron chi connectivity index (χ0n) is 11.8. The van der Waals surface area contributed by atoms with Gasteiger partial charge >= 0.3 is 0 Å². The fraction of sp³-hybridized carbons (Fsp3) is 0.467. The number of benzene rings is 1. The van der Waals surface area contributed by atoms with E-state index in [2.05, 4.69) is 5.32 Å². The number of hydrogen-bond acceptors (Lipinski definition) is 2. The van der Waals surface area contributed by atoms with Gasteiger partial charge in [-0.25, -0.2) is 4.39 Å². The molecule has 1 unspecified atom stereocenters. The van der Waals surface area contributed by atoms with Crippen molar-refractivity contribution in [3.63, 3.8) is 0 Å². The molecule has 0 radical (unpaired) electrons. The second-order valence-electron chi connectivity index (χ2n) is 5.30. The van der Waals surface area contributed by atoms with Crippen LogP contribution in [-0.4, -0.2) is 28.8 Å².